The standard InChI is InChI=1S/C26H32N4O2/c1-26(2,3)20-11-13-22(14-12-20)30(23(31)15-16-27)24(19-8-7-17-28-18-19)25(32)29-21-9-5-4-6-10-21/h7-8,11-14,17-18,21,24H,4-6,9-10,15H2,1-3H3,(H,29,32). The van der Waals surface area contributed by atoms with Gasteiger partial charge in [-0.2, -0.15) is 5.26 Å². The molecule has 2 aromatic rings. The molecule has 1 aliphatic rings. The fourth-order valence-electron chi connectivity index (χ4n) is 4.19. The van der Waals surface area contributed by atoms with Crippen LogP contribution in [0.5, 0.6) is 0 Å². The second-order valence-electron chi connectivity index (χ2n) is 9.43. The maximum atomic E-state index is 13.5. The van der Waals surface area contributed by atoms with Crippen LogP contribution in [0.15, 0.2) is 48.8 Å². The van der Waals surface area contributed by atoms with Gasteiger partial charge in [-0.15, -0.1) is 0 Å². The molecule has 1 unspecified atom stereocenters. The van der Waals surface area contributed by atoms with Crippen molar-refractivity contribution in [1.82, 2.24) is 10.3 Å². The lowest BCUT2D eigenvalue weighted by Crippen LogP contribution is -2.47. The second-order valence-corrected chi connectivity index (χ2v) is 9.43. The molecule has 1 N–H and O–H groups in total. The predicted molar refractivity (Wildman–Crippen MR) is 125 cm³/mol. The Morgan fingerprint density at radius 2 is 1.84 bits per heavy atom. The first kappa shape index (κ1) is 23.5. The summed E-state index contributed by atoms with van der Waals surface area (Å²) in [6.07, 6.45) is 8.19. The number of carbonyl (C=O) groups excluding carboxylic acids is 2. The number of nitrogens with zero attached hydrogens (tertiary/aromatic N) is 3. The van der Waals surface area contributed by atoms with Gasteiger partial charge in [0.15, 0.2) is 0 Å². The molecule has 0 saturated heterocycles. The summed E-state index contributed by atoms with van der Waals surface area (Å²) in [7, 11) is 0. The van der Waals surface area contributed by atoms with Crippen LogP contribution < -0.4 is 10.2 Å². The molecule has 32 heavy (non-hydrogen) atoms. The fourth-order valence-corrected chi connectivity index (χ4v) is 4.19. The summed E-state index contributed by atoms with van der Waals surface area (Å²) in [4.78, 5) is 32.3. The number of aromatic nitrogens is 1. The van der Waals surface area contributed by atoms with Crippen molar-refractivity contribution < 1.29 is 9.59 Å². The van der Waals surface area contributed by atoms with Crippen LogP contribution in [0, 0.1) is 11.3 Å². The first-order valence-electron chi connectivity index (χ1n) is 11.3. The van der Waals surface area contributed by atoms with E-state index in [1.165, 1.54) is 11.3 Å². The Kier molecular flexibility index (Phi) is 7.63. The minimum absolute atomic E-state index is 0.0405. The SMILES string of the molecule is CC(C)(C)c1ccc(N(C(=O)CC#N)C(C(=O)NC2CCCCC2)c2cccnc2)cc1. The third-order valence-corrected chi connectivity index (χ3v) is 5.97. The van der Waals surface area contributed by atoms with Crippen LogP contribution in [-0.4, -0.2) is 22.8 Å². The number of hydrogen-bond donors (Lipinski definition) is 1. The maximum Gasteiger partial charge on any atom is 0.248 e. The molecule has 0 spiro atoms. The highest BCUT2D eigenvalue weighted by Crippen LogP contribution is 2.31. The molecule has 3 rings (SSSR count). The number of hydrogen-bond acceptors (Lipinski definition) is 4. The molecule has 1 aliphatic carbocycles. The summed E-state index contributed by atoms with van der Waals surface area (Å²) in [5, 5.41) is 12.4. The monoisotopic (exact) mass is 432 g/mol. The molecule has 1 heterocycles. The summed E-state index contributed by atoms with van der Waals surface area (Å²) >= 11 is 0. The van der Waals surface area contributed by atoms with Crippen LogP contribution in [-0.2, 0) is 15.0 Å². The number of nitrogens with one attached hydrogen (secondary N) is 1. The van der Waals surface area contributed by atoms with Gasteiger partial charge < -0.3 is 5.32 Å². The van der Waals surface area contributed by atoms with Crippen molar-refractivity contribution in [2.24, 2.45) is 0 Å². The number of rotatable bonds is 6. The molecule has 168 valence electrons. The number of pyridine rings is 1. The van der Waals surface area contributed by atoms with Crippen molar-refractivity contribution in [3.05, 3.63) is 59.9 Å². The van der Waals surface area contributed by atoms with Gasteiger partial charge in [-0.05, 0) is 42.0 Å². The van der Waals surface area contributed by atoms with Gasteiger partial charge in [0, 0.05) is 29.7 Å². The average molecular weight is 433 g/mol. The minimum Gasteiger partial charge on any atom is -0.351 e. The zero-order valence-corrected chi connectivity index (χ0v) is 19.2. The first-order valence-corrected chi connectivity index (χ1v) is 11.3. The molecule has 0 bridgehead atoms. The van der Waals surface area contributed by atoms with E-state index in [2.05, 4.69) is 31.1 Å². The Hall–Kier alpha value is -3.20. The Balaban J connectivity index is 2.02. The zero-order chi connectivity index (χ0) is 23.1. The summed E-state index contributed by atoms with van der Waals surface area (Å²) in [5.74, 6) is -0.653. The topological polar surface area (TPSA) is 86.1 Å². The largest absolute Gasteiger partial charge is 0.351 e. The van der Waals surface area contributed by atoms with Crippen LogP contribution in [0.4, 0.5) is 5.69 Å². The molecular weight excluding hydrogens is 400 g/mol. The zero-order valence-electron chi connectivity index (χ0n) is 19.2. The van der Waals surface area contributed by atoms with Crippen molar-refractivity contribution in [3.63, 3.8) is 0 Å². The Morgan fingerprint density at radius 1 is 1.16 bits per heavy atom. The molecule has 6 nitrogen and oxygen atoms in total. The third kappa shape index (κ3) is 5.73. The van der Waals surface area contributed by atoms with Gasteiger partial charge in [0.05, 0.1) is 6.07 Å². The van der Waals surface area contributed by atoms with Gasteiger partial charge in [0.1, 0.15) is 12.5 Å². The average Bonchev–Trinajstić information content (AvgIpc) is 2.78. The summed E-state index contributed by atoms with van der Waals surface area (Å²) in [5.41, 5.74) is 2.29. The number of anilines is 1. The molecule has 1 saturated carbocycles. The lowest BCUT2D eigenvalue weighted by molar-refractivity contribution is -0.127. The van der Waals surface area contributed by atoms with E-state index in [9.17, 15) is 14.9 Å². The van der Waals surface area contributed by atoms with E-state index in [4.69, 9.17) is 0 Å². The fraction of sp³-hybridized carbons (Fsp3) is 0.462. The number of amides is 2. The minimum atomic E-state index is -0.896. The van der Waals surface area contributed by atoms with Crippen LogP contribution in [0.3, 0.4) is 0 Å². The molecule has 1 aromatic carbocycles. The van der Waals surface area contributed by atoms with Crippen molar-refractivity contribution in [2.75, 3.05) is 4.90 Å². The summed E-state index contributed by atoms with van der Waals surface area (Å²) in [6, 6.07) is 12.4. The van der Waals surface area contributed by atoms with E-state index in [-0.39, 0.29) is 23.8 Å². The molecule has 1 fully saturated rings. The van der Waals surface area contributed by atoms with Crippen LogP contribution in [0.2, 0.25) is 0 Å². The summed E-state index contributed by atoms with van der Waals surface area (Å²) in [6.45, 7) is 6.37. The van der Waals surface area contributed by atoms with Gasteiger partial charge in [-0.3, -0.25) is 19.5 Å². The van der Waals surface area contributed by atoms with E-state index >= 15 is 0 Å². The second kappa shape index (κ2) is 10.4. The molecule has 0 aliphatic heterocycles. The van der Waals surface area contributed by atoms with Crippen molar-refractivity contribution in [3.8, 4) is 6.07 Å². The lowest BCUT2D eigenvalue weighted by Gasteiger charge is -2.33. The smallest absolute Gasteiger partial charge is 0.248 e. The van der Waals surface area contributed by atoms with E-state index in [1.54, 1.807) is 24.5 Å². The summed E-state index contributed by atoms with van der Waals surface area (Å²) < 4.78 is 0. The van der Waals surface area contributed by atoms with E-state index in [1.807, 2.05) is 30.3 Å². The highest BCUT2D eigenvalue weighted by molar-refractivity contribution is 6.02. The maximum absolute atomic E-state index is 13.5. The third-order valence-electron chi connectivity index (χ3n) is 5.97. The first-order chi connectivity index (χ1) is 15.3. The Labute approximate surface area is 190 Å². The predicted octanol–water partition coefficient (Wildman–Crippen LogP) is 4.82. The van der Waals surface area contributed by atoms with Crippen LogP contribution in [0.1, 0.15) is 76.5 Å². The van der Waals surface area contributed by atoms with Crippen LogP contribution in [0.25, 0.3) is 0 Å². The number of carbonyl (C=O) groups is 2. The number of nitriles is 1. The molecule has 1 atom stereocenters. The highest BCUT2D eigenvalue weighted by atomic mass is 16.2. The molecule has 2 amide bonds. The quantitative estimate of drug-likeness (QED) is 0.709. The Morgan fingerprint density at radius 3 is 2.41 bits per heavy atom. The van der Waals surface area contributed by atoms with Gasteiger partial charge in [0.2, 0.25) is 11.8 Å². The van der Waals surface area contributed by atoms with Gasteiger partial charge >= 0.3 is 0 Å². The van der Waals surface area contributed by atoms with E-state index in [0.29, 0.717) is 11.3 Å². The molecular formula is C26H32N4O2. The van der Waals surface area contributed by atoms with Gasteiger partial charge in [-0.1, -0.05) is 58.2 Å². The highest BCUT2D eigenvalue weighted by Gasteiger charge is 2.34. The lowest BCUT2D eigenvalue weighted by atomic mass is 9.87. The van der Waals surface area contributed by atoms with Crippen molar-refractivity contribution >= 4 is 17.5 Å². The molecule has 6 heteroatoms. The van der Waals surface area contributed by atoms with Crippen LogP contribution >= 0.6 is 0 Å². The van der Waals surface area contributed by atoms with E-state index in [0.717, 1.165) is 31.2 Å². The van der Waals surface area contributed by atoms with E-state index < -0.39 is 11.9 Å². The molecule has 1 aromatic heterocycles. The normalized spacial score (nSPS) is 15.4. The Bertz CT molecular complexity index is 952. The van der Waals surface area contributed by atoms with Gasteiger partial charge in [0.25, 0.3) is 0 Å². The van der Waals surface area contributed by atoms with Crippen molar-refractivity contribution in [1.29, 1.82) is 5.26 Å². The van der Waals surface area contributed by atoms with Gasteiger partial charge in [-0.25, -0.2) is 0 Å². The number of benzene rings is 1. The van der Waals surface area contributed by atoms with Crippen molar-refractivity contribution in [2.45, 2.75) is 76.8 Å². The molecule has 0 radical (unpaired) electrons.